The molecule has 94 valence electrons. The lowest BCUT2D eigenvalue weighted by molar-refractivity contribution is 0.0702. The van der Waals surface area contributed by atoms with Crippen molar-refractivity contribution >= 4 is 17.3 Å². The summed E-state index contributed by atoms with van der Waals surface area (Å²) in [6.07, 6.45) is 0. The third-order valence-electron chi connectivity index (χ3n) is 2.59. The maximum atomic E-state index is 13.6. The molecule has 5 heteroatoms. The molecule has 0 saturated carbocycles. The summed E-state index contributed by atoms with van der Waals surface area (Å²) in [4.78, 5) is 12.0. The molecule has 2 rings (SSSR count). The fourth-order valence-electron chi connectivity index (χ4n) is 1.71. The quantitative estimate of drug-likeness (QED) is 0.923. The van der Waals surface area contributed by atoms with Gasteiger partial charge in [-0.05, 0) is 36.2 Å². The van der Waals surface area contributed by atoms with Crippen molar-refractivity contribution in [1.82, 2.24) is 0 Å². The van der Waals surface area contributed by atoms with Crippen LogP contribution < -0.4 is 4.74 Å². The third kappa shape index (κ3) is 2.22. The highest BCUT2D eigenvalue weighted by molar-refractivity contribution is 7.14. The first-order valence-electron chi connectivity index (χ1n) is 5.20. The van der Waals surface area contributed by atoms with Crippen LogP contribution in [-0.4, -0.2) is 18.2 Å². The number of halogens is 1. The van der Waals surface area contributed by atoms with Gasteiger partial charge in [-0.15, -0.1) is 11.3 Å². The minimum Gasteiger partial charge on any atom is -0.494 e. The Labute approximate surface area is 107 Å². The number of carbonyl (C=O) groups is 1. The number of aryl methyl sites for hydroxylation is 1. The van der Waals surface area contributed by atoms with E-state index in [1.54, 1.807) is 12.1 Å². The third-order valence-corrected chi connectivity index (χ3v) is 3.63. The zero-order valence-corrected chi connectivity index (χ0v) is 10.7. The first-order valence-corrected chi connectivity index (χ1v) is 6.02. The van der Waals surface area contributed by atoms with Crippen LogP contribution in [0.2, 0.25) is 0 Å². The Kier molecular flexibility index (Phi) is 3.34. The predicted octanol–water partition coefficient (Wildman–Crippen LogP) is 3.57. The lowest BCUT2D eigenvalue weighted by Gasteiger charge is -2.04. The maximum Gasteiger partial charge on any atom is 0.345 e. The summed E-state index contributed by atoms with van der Waals surface area (Å²) in [5.74, 6) is -1.26. The number of methoxy groups -OCH3 is 1. The fourth-order valence-corrected chi connectivity index (χ4v) is 2.59. The number of ether oxygens (including phenoxy) is 1. The van der Waals surface area contributed by atoms with Gasteiger partial charge in [-0.3, -0.25) is 0 Å². The summed E-state index contributed by atoms with van der Waals surface area (Å²) in [6, 6.07) is 6.15. The lowest BCUT2D eigenvalue weighted by Crippen LogP contribution is -1.90. The van der Waals surface area contributed by atoms with Crippen molar-refractivity contribution in [3.8, 4) is 16.9 Å². The number of rotatable bonds is 3. The van der Waals surface area contributed by atoms with Crippen LogP contribution in [0.1, 0.15) is 14.5 Å². The molecule has 0 unspecified atom stereocenters. The minimum absolute atomic E-state index is 0.171. The second kappa shape index (κ2) is 4.78. The maximum absolute atomic E-state index is 13.6. The van der Waals surface area contributed by atoms with Crippen molar-refractivity contribution in [2.75, 3.05) is 7.11 Å². The molecular weight excluding hydrogens is 255 g/mol. The number of aromatic carboxylic acids is 1. The topological polar surface area (TPSA) is 46.5 Å². The van der Waals surface area contributed by atoms with Gasteiger partial charge in [0.05, 0.1) is 7.11 Å². The number of hydrogen-bond donors (Lipinski definition) is 1. The van der Waals surface area contributed by atoms with E-state index in [2.05, 4.69) is 0 Å². The van der Waals surface area contributed by atoms with E-state index in [9.17, 15) is 9.18 Å². The molecule has 18 heavy (non-hydrogen) atoms. The Morgan fingerprint density at radius 1 is 1.39 bits per heavy atom. The summed E-state index contributed by atoms with van der Waals surface area (Å²) < 4.78 is 18.4. The molecule has 0 aliphatic heterocycles. The lowest BCUT2D eigenvalue weighted by atomic mass is 10.1. The highest BCUT2D eigenvalue weighted by Crippen LogP contribution is 2.33. The van der Waals surface area contributed by atoms with Gasteiger partial charge >= 0.3 is 5.97 Å². The number of carboxylic acid groups (broad SMARTS) is 1. The number of thiophene rings is 1. The van der Waals surface area contributed by atoms with Crippen LogP contribution in [-0.2, 0) is 0 Å². The van der Waals surface area contributed by atoms with Gasteiger partial charge < -0.3 is 9.84 Å². The average Bonchev–Trinajstić information content (AvgIpc) is 2.71. The van der Waals surface area contributed by atoms with Gasteiger partial charge in [-0.1, -0.05) is 6.07 Å². The monoisotopic (exact) mass is 266 g/mol. The Hall–Kier alpha value is -1.88. The highest BCUT2D eigenvalue weighted by Gasteiger charge is 2.13. The van der Waals surface area contributed by atoms with Crippen LogP contribution in [0.3, 0.4) is 0 Å². The Morgan fingerprint density at radius 3 is 2.61 bits per heavy atom. The van der Waals surface area contributed by atoms with E-state index in [0.29, 0.717) is 5.56 Å². The summed E-state index contributed by atoms with van der Waals surface area (Å²) in [5.41, 5.74) is 1.38. The first kappa shape index (κ1) is 12.6. The average molecular weight is 266 g/mol. The number of carboxylic acids is 1. The molecule has 1 aromatic heterocycles. The molecule has 1 aromatic carbocycles. The van der Waals surface area contributed by atoms with Gasteiger partial charge in [-0.25, -0.2) is 9.18 Å². The zero-order valence-electron chi connectivity index (χ0n) is 9.86. The normalized spacial score (nSPS) is 10.4. The molecular formula is C13H11FO3S. The molecule has 2 aromatic rings. The van der Waals surface area contributed by atoms with E-state index < -0.39 is 11.8 Å². The Balaban J connectivity index is 2.48. The second-order valence-electron chi connectivity index (χ2n) is 3.73. The van der Waals surface area contributed by atoms with Gasteiger partial charge in [-0.2, -0.15) is 0 Å². The number of hydrogen-bond acceptors (Lipinski definition) is 3. The molecule has 0 aliphatic rings. The van der Waals surface area contributed by atoms with Gasteiger partial charge in [0, 0.05) is 4.88 Å². The molecule has 0 saturated heterocycles. The van der Waals surface area contributed by atoms with E-state index in [0.717, 1.165) is 10.4 Å². The van der Waals surface area contributed by atoms with Crippen molar-refractivity contribution in [3.63, 3.8) is 0 Å². The van der Waals surface area contributed by atoms with Gasteiger partial charge in [0.15, 0.2) is 11.6 Å². The van der Waals surface area contributed by atoms with Crippen molar-refractivity contribution < 1.29 is 19.0 Å². The summed E-state index contributed by atoms with van der Waals surface area (Å²) in [7, 11) is 1.40. The SMILES string of the molecule is COc1ccc(-c2cc(C(=O)O)sc2C)cc1F. The Morgan fingerprint density at radius 2 is 2.11 bits per heavy atom. The summed E-state index contributed by atoms with van der Waals surface area (Å²) >= 11 is 1.18. The molecule has 1 N–H and O–H groups in total. The fraction of sp³-hybridized carbons (Fsp3) is 0.154. The molecule has 0 atom stereocenters. The van der Waals surface area contributed by atoms with E-state index in [1.807, 2.05) is 6.92 Å². The number of benzene rings is 1. The molecule has 0 bridgehead atoms. The molecule has 0 aliphatic carbocycles. The highest BCUT2D eigenvalue weighted by atomic mass is 32.1. The van der Waals surface area contributed by atoms with E-state index in [4.69, 9.17) is 9.84 Å². The minimum atomic E-state index is -0.969. The molecule has 0 radical (unpaired) electrons. The molecule has 1 heterocycles. The van der Waals surface area contributed by atoms with Crippen LogP contribution >= 0.6 is 11.3 Å². The van der Waals surface area contributed by atoms with E-state index in [1.165, 1.54) is 30.6 Å². The second-order valence-corrected chi connectivity index (χ2v) is 4.99. The van der Waals surface area contributed by atoms with Crippen molar-refractivity contribution in [1.29, 1.82) is 0 Å². The van der Waals surface area contributed by atoms with Crippen molar-refractivity contribution in [2.45, 2.75) is 6.92 Å². The summed E-state index contributed by atoms with van der Waals surface area (Å²) in [5, 5.41) is 8.92. The smallest absolute Gasteiger partial charge is 0.345 e. The largest absolute Gasteiger partial charge is 0.494 e. The first-order chi connectivity index (χ1) is 8.52. The standard InChI is InChI=1S/C13H11FO3S/c1-7-9(6-12(18-7)13(15)16)8-3-4-11(17-2)10(14)5-8/h3-6H,1-2H3,(H,15,16). The van der Waals surface area contributed by atoms with Crippen LogP contribution in [0.4, 0.5) is 4.39 Å². The predicted molar refractivity (Wildman–Crippen MR) is 68.0 cm³/mol. The van der Waals surface area contributed by atoms with Gasteiger partial charge in [0.1, 0.15) is 4.88 Å². The van der Waals surface area contributed by atoms with E-state index >= 15 is 0 Å². The molecule has 0 fully saturated rings. The molecule has 0 amide bonds. The van der Waals surface area contributed by atoms with Crippen LogP contribution in [0.25, 0.3) is 11.1 Å². The van der Waals surface area contributed by atoms with Crippen LogP contribution in [0.15, 0.2) is 24.3 Å². The van der Waals surface area contributed by atoms with Crippen LogP contribution in [0.5, 0.6) is 5.75 Å². The van der Waals surface area contributed by atoms with Crippen molar-refractivity contribution in [2.24, 2.45) is 0 Å². The molecule has 0 spiro atoms. The molecule has 3 nitrogen and oxygen atoms in total. The van der Waals surface area contributed by atoms with Gasteiger partial charge in [0.25, 0.3) is 0 Å². The van der Waals surface area contributed by atoms with Crippen LogP contribution in [0, 0.1) is 12.7 Å². The van der Waals surface area contributed by atoms with E-state index in [-0.39, 0.29) is 10.6 Å². The van der Waals surface area contributed by atoms with Crippen molar-refractivity contribution in [3.05, 3.63) is 39.8 Å². The Bertz CT molecular complexity index is 604. The zero-order chi connectivity index (χ0) is 13.3. The van der Waals surface area contributed by atoms with Gasteiger partial charge in [0.2, 0.25) is 0 Å². The summed E-state index contributed by atoms with van der Waals surface area (Å²) in [6.45, 7) is 1.81.